The Balaban J connectivity index is 2.19. The third-order valence-corrected chi connectivity index (χ3v) is 3.32. The second kappa shape index (κ2) is 4.58. The minimum Gasteiger partial charge on any atom is -0.310 e. The van der Waals surface area contributed by atoms with Gasteiger partial charge in [-0.15, -0.1) is 6.58 Å². The number of rotatable bonds is 5. The van der Waals surface area contributed by atoms with Crippen LogP contribution in [0.2, 0.25) is 0 Å². The van der Waals surface area contributed by atoms with Crippen molar-refractivity contribution in [2.75, 3.05) is 12.3 Å². The van der Waals surface area contributed by atoms with Gasteiger partial charge in [-0.25, -0.2) is 8.42 Å². The van der Waals surface area contributed by atoms with Gasteiger partial charge in [0.2, 0.25) is 0 Å². The smallest absolute Gasteiger partial charge is 0.173 e. The molecule has 0 spiro atoms. The molecule has 1 aliphatic rings. The van der Waals surface area contributed by atoms with Crippen molar-refractivity contribution in [2.45, 2.75) is 18.9 Å². The molecule has 0 fully saturated rings. The number of allylic oxidation sites excluding steroid dienone is 1. The van der Waals surface area contributed by atoms with Gasteiger partial charge in [-0.05, 0) is 19.4 Å². The molecule has 1 aliphatic heterocycles. The van der Waals surface area contributed by atoms with Crippen molar-refractivity contribution in [1.29, 1.82) is 0 Å². The second-order valence-corrected chi connectivity index (χ2v) is 5.08. The maximum absolute atomic E-state index is 11.0. The SMILES string of the molecule is C=CCCCNC1C=CS(=O)(=O)C1. The van der Waals surface area contributed by atoms with Gasteiger partial charge in [0.15, 0.2) is 9.84 Å². The number of hydrogen-bond acceptors (Lipinski definition) is 3. The Morgan fingerprint density at radius 2 is 2.38 bits per heavy atom. The van der Waals surface area contributed by atoms with E-state index in [1.807, 2.05) is 6.08 Å². The summed E-state index contributed by atoms with van der Waals surface area (Å²) in [5, 5.41) is 4.45. The Morgan fingerprint density at radius 1 is 1.62 bits per heavy atom. The van der Waals surface area contributed by atoms with Crippen molar-refractivity contribution in [3.05, 3.63) is 24.1 Å². The van der Waals surface area contributed by atoms with Gasteiger partial charge in [0.05, 0.1) is 5.75 Å². The highest BCUT2D eigenvalue weighted by molar-refractivity contribution is 7.94. The van der Waals surface area contributed by atoms with Gasteiger partial charge in [-0.2, -0.15) is 0 Å². The summed E-state index contributed by atoms with van der Waals surface area (Å²) < 4.78 is 22.0. The minimum absolute atomic E-state index is 0.00909. The van der Waals surface area contributed by atoms with Gasteiger partial charge in [0.1, 0.15) is 0 Å². The first-order valence-electron chi connectivity index (χ1n) is 4.39. The lowest BCUT2D eigenvalue weighted by atomic mass is 10.3. The first-order chi connectivity index (χ1) is 6.14. The van der Waals surface area contributed by atoms with E-state index in [1.54, 1.807) is 6.08 Å². The highest BCUT2D eigenvalue weighted by atomic mass is 32.2. The fraction of sp³-hybridized carbons (Fsp3) is 0.556. The van der Waals surface area contributed by atoms with Crippen LogP contribution in [0.25, 0.3) is 0 Å². The zero-order chi connectivity index (χ0) is 9.73. The maximum Gasteiger partial charge on any atom is 0.173 e. The first kappa shape index (κ1) is 10.5. The molecule has 3 nitrogen and oxygen atoms in total. The van der Waals surface area contributed by atoms with Crippen LogP contribution in [0.3, 0.4) is 0 Å². The molecule has 0 amide bonds. The van der Waals surface area contributed by atoms with Gasteiger partial charge >= 0.3 is 0 Å². The molecular weight excluding hydrogens is 186 g/mol. The molecule has 13 heavy (non-hydrogen) atoms. The summed E-state index contributed by atoms with van der Waals surface area (Å²) in [6.45, 7) is 4.46. The molecular formula is C9H15NO2S. The number of unbranched alkanes of at least 4 members (excludes halogenated alkanes) is 1. The van der Waals surface area contributed by atoms with Crippen LogP contribution in [0.4, 0.5) is 0 Å². The zero-order valence-corrected chi connectivity index (χ0v) is 8.39. The highest BCUT2D eigenvalue weighted by Gasteiger charge is 2.20. The second-order valence-electron chi connectivity index (χ2n) is 3.15. The van der Waals surface area contributed by atoms with Crippen LogP contribution >= 0.6 is 0 Å². The third-order valence-electron chi connectivity index (χ3n) is 1.92. The molecule has 0 aromatic heterocycles. The maximum atomic E-state index is 11.0. The molecule has 1 heterocycles. The van der Waals surface area contributed by atoms with Crippen molar-refractivity contribution in [3.8, 4) is 0 Å². The Bertz CT molecular complexity index is 293. The van der Waals surface area contributed by atoms with Crippen molar-refractivity contribution in [3.63, 3.8) is 0 Å². The standard InChI is InChI=1S/C9H15NO2S/c1-2-3-4-6-10-9-5-7-13(11,12)8-9/h2,5,7,9-10H,1,3-4,6,8H2. The van der Waals surface area contributed by atoms with Crippen LogP contribution in [-0.2, 0) is 9.84 Å². The van der Waals surface area contributed by atoms with Crippen LogP contribution in [0.5, 0.6) is 0 Å². The molecule has 0 aliphatic carbocycles. The lowest BCUT2D eigenvalue weighted by molar-refractivity contribution is 0.585. The van der Waals surface area contributed by atoms with E-state index in [2.05, 4.69) is 11.9 Å². The average Bonchev–Trinajstić information content (AvgIpc) is 2.40. The van der Waals surface area contributed by atoms with E-state index < -0.39 is 9.84 Å². The number of nitrogens with one attached hydrogen (secondary N) is 1. The number of sulfone groups is 1. The predicted octanol–water partition coefficient (Wildman–Crippen LogP) is 0.853. The van der Waals surface area contributed by atoms with Crippen LogP contribution in [0.15, 0.2) is 24.1 Å². The molecule has 4 heteroatoms. The molecule has 0 bridgehead atoms. The topological polar surface area (TPSA) is 46.2 Å². The van der Waals surface area contributed by atoms with Gasteiger partial charge in [-0.3, -0.25) is 0 Å². The van der Waals surface area contributed by atoms with Crippen LogP contribution in [0, 0.1) is 0 Å². The molecule has 0 saturated heterocycles. The number of hydrogen-bond donors (Lipinski definition) is 1. The van der Waals surface area contributed by atoms with Crippen molar-refractivity contribution in [1.82, 2.24) is 5.32 Å². The molecule has 0 radical (unpaired) electrons. The monoisotopic (exact) mass is 201 g/mol. The first-order valence-corrected chi connectivity index (χ1v) is 6.11. The molecule has 74 valence electrons. The van der Waals surface area contributed by atoms with Crippen molar-refractivity contribution < 1.29 is 8.42 Å². The molecule has 1 rings (SSSR count). The van der Waals surface area contributed by atoms with Crippen molar-refractivity contribution in [2.24, 2.45) is 0 Å². The largest absolute Gasteiger partial charge is 0.310 e. The highest BCUT2D eigenvalue weighted by Crippen LogP contribution is 2.07. The Morgan fingerprint density at radius 3 is 2.92 bits per heavy atom. The molecule has 1 N–H and O–H groups in total. The van der Waals surface area contributed by atoms with Gasteiger partial charge in [-0.1, -0.05) is 12.2 Å². The van der Waals surface area contributed by atoms with E-state index >= 15 is 0 Å². The normalized spacial score (nSPS) is 24.8. The van der Waals surface area contributed by atoms with Crippen LogP contribution in [-0.4, -0.2) is 26.8 Å². The molecule has 1 atom stereocenters. The minimum atomic E-state index is -2.90. The van der Waals surface area contributed by atoms with Gasteiger partial charge in [0.25, 0.3) is 0 Å². The summed E-state index contributed by atoms with van der Waals surface area (Å²) in [7, 11) is -2.90. The van der Waals surface area contributed by atoms with Gasteiger partial charge in [0, 0.05) is 11.4 Å². The lowest BCUT2D eigenvalue weighted by Gasteiger charge is -2.08. The Kier molecular flexibility index (Phi) is 3.69. The summed E-state index contributed by atoms with van der Waals surface area (Å²) in [6, 6.07) is 0.00909. The Labute approximate surface area is 79.4 Å². The molecule has 0 aromatic rings. The quantitative estimate of drug-likeness (QED) is 0.530. The van der Waals surface area contributed by atoms with E-state index in [0.29, 0.717) is 0 Å². The van der Waals surface area contributed by atoms with E-state index in [0.717, 1.165) is 19.4 Å². The van der Waals surface area contributed by atoms with E-state index in [-0.39, 0.29) is 11.8 Å². The fourth-order valence-corrected chi connectivity index (χ4v) is 2.51. The predicted molar refractivity (Wildman–Crippen MR) is 54.1 cm³/mol. The third kappa shape index (κ3) is 3.74. The summed E-state index contributed by atoms with van der Waals surface area (Å²) in [5.74, 6) is 0.209. The Hall–Kier alpha value is -0.610. The molecule has 0 aromatic carbocycles. The van der Waals surface area contributed by atoms with Crippen molar-refractivity contribution >= 4 is 9.84 Å². The van der Waals surface area contributed by atoms with E-state index in [1.165, 1.54) is 5.41 Å². The zero-order valence-electron chi connectivity index (χ0n) is 7.57. The summed E-state index contributed by atoms with van der Waals surface area (Å²) in [4.78, 5) is 0. The lowest BCUT2D eigenvalue weighted by Crippen LogP contribution is -2.30. The van der Waals surface area contributed by atoms with Gasteiger partial charge < -0.3 is 5.32 Å². The average molecular weight is 201 g/mol. The van der Waals surface area contributed by atoms with Crippen LogP contribution in [0.1, 0.15) is 12.8 Å². The summed E-state index contributed by atoms with van der Waals surface area (Å²) in [6.07, 6.45) is 5.55. The molecule has 0 saturated carbocycles. The van der Waals surface area contributed by atoms with Crippen LogP contribution < -0.4 is 5.32 Å². The van der Waals surface area contributed by atoms with E-state index in [4.69, 9.17) is 0 Å². The van der Waals surface area contributed by atoms with E-state index in [9.17, 15) is 8.42 Å². The summed E-state index contributed by atoms with van der Waals surface area (Å²) in [5.41, 5.74) is 0. The molecule has 1 unspecified atom stereocenters. The fourth-order valence-electron chi connectivity index (χ4n) is 1.24. The summed E-state index contributed by atoms with van der Waals surface area (Å²) >= 11 is 0.